The van der Waals surface area contributed by atoms with Crippen molar-refractivity contribution in [2.24, 2.45) is 5.92 Å². The second-order valence-electron chi connectivity index (χ2n) is 6.84. The monoisotopic (exact) mass is 288 g/mol. The largest absolute Gasteiger partial charge is 0.394 e. The Balaban J connectivity index is 1.42. The Labute approximate surface area is 128 Å². The molecule has 0 radical (unpaired) electrons. The van der Waals surface area contributed by atoms with Gasteiger partial charge in [-0.1, -0.05) is 30.3 Å². The van der Waals surface area contributed by atoms with E-state index >= 15 is 0 Å². The minimum absolute atomic E-state index is 0.00810. The summed E-state index contributed by atoms with van der Waals surface area (Å²) in [6, 6.07) is 10.7. The smallest absolute Gasteiger partial charge is 0.0614 e. The minimum atomic E-state index is -0.00810. The molecule has 0 unspecified atom stereocenters. The highest BCUT2D eigenvalue weighted by atomic mass is 16.3. The zero-order chi connectivity index (χ0) is 14.5. The van der Waals surface area contributed by atoms with Crippen LogP contribution in [0.3, 0.4) is 0 Å². The molecule has 1 aliphatic heterocycles. The van der Waals surface area contributed by atoms with E-state index in [1.807, 2.05) is 0 Å². The van der Waals surface area contributed by atoms with Gasteiger partial charge >= 0.3 is 0 Å². The maximum Gasteiger partial charge on any atom is 0.0614 e. The first-order valence-corrected chi connectivity index (χ1v) is 8.42. The molecule has 116 valence electrons. The lowest BCUT2D eigenvalue weighted by atomic mass is 9.88. The molecule has 0 spiro atoms. The Bertz CT molecular complexity index is 422. The molecule has 2 aliphatic rings. The number of nitrogens with zero attached hydrogens (tertiary/aromatic N) is 1. The summed E-state index contributed by atoms with van der Waals surface area (Å²) in [7, 11) is 0. The molecule has 0 atom stereocenters. The number of rotatable bonds is 7. The third-order valence-electron chi connectivity index (χ3n) is 5.14. The molecule has 1 aliphatic carbocycles. The van der Waals surface area contributed by atoms with Gasteiger partial charge in [0.25, 0.3) is 0 Å². The molecule has 21 heavy (non-hydrogen) atoms. The Morgan fingerprint density at radius 2 is 1.86 bits per heavy atom. The summed E-state index contributed by atoms with van der Waals surface area (Å²) in [6.07, 6.45) is 6.02. The van der Waals surface area contributed by atoms with Crippen LogP contribution in [0, 0.1) is 5.92 Å². The van der Waals surface area contributed by atoms with E-state index in [1.54, 1.807) is 0 Å². The fraction of sp³-hybridized carbons (Fsp3) is 0.667. The number of aliphatic hydroxyl groups excluding tert-OH is 1. The Kier molecular flexibility index (Phi) is 4.94. The summed E-state index contributed by atoms with van der Waals surface area (Å²) in [5.41, 5.74) is 1.41. The lowest BCUT2D eigenvalue weighted by Crippen LogP contribution is -2.56. The van der Waals surface area contributed by atoms with Crippen LogP contribution >= 0.6 is 0 Å². The number of hydrogen-bond donors (Lipinski definition) is 2. The molecule has 1 saturated carbocycles. The van der Waals surface area contributed by atoms with Crippen LogP contribution in [0.4, 0.5) is 0 Å². The number of nitrogens with one attached hydrogen (secondary N) is 1. The van der Waals surface area contributed by atoms with Crippen molar-refractivity contribution in [2.75, 3.05) is 32.8 Å². The van der Waals surface area contributed by atoms with Gasteiger partial charge in [0.1, 0.15) is 0 Å². The van der Waals surface area contributed by atoms with Gasteiger partial charge in [-0.25, -0.2) is 0 Å². The summed E-state index contributed by atoms with van der Waals surface area (Å²) in [5.74, 6) is 0.879. The Hall–Kier alpha value is -0.900. The molecule has 3 heteroatoms. The van der Waals surface area contributed by atoms with E-state index in [4.69, 9.17) is 0 Å². The molecule has 1 aromatic carbocycles. The van der Waals surface area contributed by atoms with Gasteiger partial charge in [-0.3, -0.25) is 0 Å². The number of piperidine rings is 1. The van der Waals surface area contributed by atoms with Crippen molar-refractivity contribution in [3.8, 4) is 0 Å². The molecule has 0 aromatic heterocycles. The number of likely N-dealkylation sites (tertiary alicyclic amines) is 1. The van der Waals surface area contributed by atoms with Crippen molar-refractivity contribution in [2.45, 2.75) is 37.6 Å². The van der Waals surface area contributed by atoms with E-state index in [0.717, 1.165) is 51.4 Å². The van der Waals surface area contributed by atoms with E-state index in [1.165, 1.54) is 18.4 Å². The van der Waals surface area contributed by atoms with Gasteiger partial charge in [0.15, 0.2) is 0 Å². The van der Waals surface area contributed by atoms with Crippen LogP contribution in [-0.4, -0.2) is 48.3 Å². The number of benzene rings is 1. The average Bonchev–Trinajstić information content (AvgIpc) is 3.37. The molecule has 2 fully saturated rings. The quantitative estimate of drug-likeness (QED) is 0.806. The first kappa shape index (κ1) is 15.0. The van der Waals surface area contributed by atoms with Crippen LogP contribution in [0.15, 0.2) is 30.3 Å². The van der Waals surface area contributed by atoms with Crippen LogP contribution in [0.5, 0.6) is 0 Å². The van der Waals surface area contributed by atoms with Gasteiger partial charge in [0.05, 0.1) is 6.61 Å². The van der Waals surface area contributed by atoms with Gasteiger partial charge in [0, 0.05) is 12.1 Å². The van der Waals surface area contributed by atoms with Gasteiger partial charge < -0.3 is 15.3 Å². The fourth-order valence-electron chi connectivity index (χ4n) is 3.21. The fourth-order valence-corrected chi connectivity index (χ4v) is 3.21. The van der Waals surface area contributed by atoms with Crippen LogP contribution < -0.4 is 5.32 Å². The molecule has 0 amide bonds. The zero-order valence-electron chi connectivity index (χ0n) is 12.9. The molecule has 2 N–H and O–H groups in total. The highest BCUT2D eigenvalue weighted by Crippen LogP contribution is 2.30. The van der Waals surface area contributed by atoms with Crippen molar-refractivity contribution in [3.05, 3.63) is 35.9 Å². The van der Waals surface area contributed by atoms with Gasteiger partial charge in [0.2, 0.25) is 0 Å². The van der Waals surface area contributed by atoms with Crippen LogP contribution in [0.2, 0.25) is 0 Å². The van der Waals surface area contributed by atoms with Gasteiger partial charge in [-0.2, -0.15) is 0 Å². The van der Waals surface area contributed by atoms with E-state index in [2.05, 4.69) is 40.5 Å². The summed E-state index contributed by atoms with van der Waals surface area (Å²) in [6.45, 7) is 4.72. The Morgan fingerprint density at radius 3 is 2.48 bits per heavy atom. The highest BCUT2D eigenvalue weighted by molar-refractivity contribution is 5.14. The first-order chi connectivity index (χ1) is 10.3. The van der Waals surface area contributed by atoms with Crippen molar-refractivity contribution < 1.29 is 5.11 Å². The third-order valence-corrected chi connectivity index (χ3v) is 5.14. The van der Waals surface area contributed by atoms with Crippen molar-refractivity contribution >= 4 is 0 Å². The van der Waals surface area contributed by atoms with E-state index in [9.17, 15) is 5.11 Å². The summed E-state index contributed by atoms with van der Waals surface area (Å²) in [4.78, 5) is 2.54. The van der Waals surface area contributed by atoms with Crippen LogP contribution in [0.1, 0.15) is 31.2 Å². The summed E-state index contributed by atoms with van der Waals surface area (Å²) < 4.78 is 0. The predicted octanol–water partition coefficient (Wildman–Crippen LogP) is 2.06. The van der Waals surface area contributed by atoms with Gasteiger partial charge in [-0.05, 0) is 63.2 Å². The number of aliphatic hydroxyl groups is 1. The summed E-state index contributed by atoms with van der Waals surface area (Å²) >= 11 is 0. The summed E-state index contributed by atoms with van der Waals surface area (Å²) in [5, 5.41) is 13.5. The van der Waals surface area contributed by atoms with E-state index in [-0.39, 0.29) is 12.1 Å². The average molecular weight is 288 g/mol. The minimum Gasteiger partial charge on any atom is -0.394 e. The zero-order valence-corrected chi connectivity index (χ0v) is 12.9. The number of hydrogen-bond acceptors (Lipinski definition) is 3. The second kappa shape index (κ2) is 6.91. The lowest BCUT2D eigenvalue weighted by molar-refractivity contribution is 0.0784. The Morgan fingerprint density at radius 1 is 1.14 bits per heavy atom. The SMILES string of the molecule is OCC1(NCC2CC2)CCN(CCc2ccccc2)CC1. The molecular weight excluding hydrogens is 260 g/mol. The van der Waals surface area contributed by atoms with Crippen LogP contribution in [0.25, 0.3) is 0 Å². The molecule has 1 heterocycles. The molecular formula is C18H28N2O. The maximum absolute atomic E-state index is 9.79. The molecule has 3 rings (SSSR count). The molecule has 0 bridgehead atoms. The van der Waals surface area contributed by atoms with E-state index < -0.39 is 0 Å². The lowest BCUT2D eigenvalue weighted by Gasteiger charge is -2.41. The van der Waals surface area contributed by atoms with Crippen molar-refractivity contribution in [1.82, 2.24) is 10.2 Å². The molecule has 1 saturated heterocycles. The predicted molar refractivity (Wildman–Crippen MR) is 86.4 cm³/mol. The molecule has 3 nitrogen and oxygen atoms in total. The molecule has 1 aromatic rings. The third kappa shape index (κ3) is 4.29. The normalized spacial score (nSPS) is 22.3. The maximum atomic E-state index is 9.79. The van der Waals surface area contributed by atoms with Crippen molar-refractivity contribution in [1.29, 1.82) is 0 Å². The van der Waals surface area contributed by atoms with E-state index in [0.29, 0.717) is 0 Å². The van der Waals surface area contributed by atoms with Crippen LogP contribution in [-0.2, 0) is 6.42 Å². The van der Waals surface area contributed by atoms with Gasteiger partial charge in [-0.15, -0.1) is 0 Å². The standard InChI is InChI=1S/C18H28N2O/c21-15-18(19-14-17-6-7-17)9-12-20(13-10-18)11-8-16-4-2-1-3-5-16/h1-5,17,19,21H,6-15H2. The second-order valence-corrected chi connectivity index (χ2v) is 6.84. The topological polar surface area (TPSA) is 35.5 Å². The first-order valence-electron chi connectivity index (χ1n) is 8.42. The van der Waals surface area contributed by atoms with Crippen molar-refractivity contribution in [3.63, 3.8) is 0 Å². The highest BCUT2D eigenvalue weighted by Gasteiger charge is 2.35.